The Labute approximate surface area is 107 Å². The molecular weight excluding hydrogens is 234 g/mol. The van der Waals surface area contributed by atoms with Gasteiger partial charge in [0.2, 0.25) is 0 Å². The van der Waals surface area contributed by atoms with Gasteiger partial charge >= 0.3 is 5.97 Å². The summed E-state index contributed by atoms with van der Waals surface area (Å²) >= 11 is 1.73. The molecule has 0 heterocycles. The lowest BCUT2D eigenvalue weighted by molar-refractivity contribution is 0.0379. The van der Waals surface area contributed by atoms with Crippen LogP contribution in [0.2, 0.25) is 0 Å². The number of ether oxygens (including phenoxy) is 1. The third-order valence-electron chi connectivity index (χ3n) is 2.49. The van der Waals surface area contributed by atoms with Crippen molar-refractivity contribution < 1.29 is 9.53 Å². The van der Waals surface area contributed by atoms with E-state index in [-0.39, 0.29) is 12.1 Å². The number of nitrogen functional groups attached to an aromatic ring is 1. The summed E-state index contributed by atoms with van der Waals surface area (Å²) in [6, 6.07) is 3.69. The molecule has 1 aromatic rings. The maximum absolute atomic E-state index is 11.8. The molecule has 0 spiro atoms. The Kier molecular flexibility index (Phi) is 4.87. The van der Waals surface area contributed by atoms with Gasteiger partial charge in [0, 0.05) is 11.4 Å². The van der Waals surface area contributed by atoms with E-state index in [2.05, 4.69) is 0 Å². The van der Waals surface area contributed by atoms with Gasteiger partial charge in [-0.2, -0.15) is 11.8 Å². The van der Waals surface area contributed by atoms with Crippen LogP contribution in [0.3, 0.4) is 0 Å². The van der Waals surface area contributed by atoms with Gasteiger partial charge in [-0.1, -0.05) is 6.07 Å². The van der Waals surface area contributed by atoms with E-state index in [1.807, 2.05) is 33.1 Å². The molecule has 0 amide bonds. The molecule has 1 aromatic carbocycles. The highest BCUT2D eigenvalue weighted by molar-refractivity contribution is 7.97. The van der Waals surface area contributed by atoms with E-state index in [0.717, 1.165) is 16.9 Å². The molecule has 2 N–H and O–H groups in total. The number of hydrogen-bond donors (Lipinski definition) is 1. The second-order valence-corrected chi connectivity index (χ2v) is 5.06. The molecule has 0 radical (unpaired) electrons. The first kappa shape index (κ1) is 13.9. The molecule has 0 unspecified atom stereocenters. The molecule has 1 rings (SSSR count). The molecule has 0 aromatic heterocycles. The molecule has 0 saturated carbocycles. The molecule has 0 fully saturated rings. The summed E-state index contributed by atoms with van der Waals surface area (Å²) in [5.74, 6) is 0.548. The van der Waals surface area contributed by atoms with Crippen molar-refractivity contribution in [1.82, 2.24) is 0 Å². The first-order chi connectivity index (χ1) is 7.97. The SMILES string of the molecule is CSCc1ccc(C(=O)OC(C)C)c(N)c1C. The van der Waals surface area contributed by atoms with Crippen molar-refractivity contribution in [2.45, 2.75) is 32.6 Å². The average molecular weight is 253 g/mol. The Morgan fingerprint density at radius 2 is 2.12 bits per heavy atom. The van der Waals surface area contributed by atoms with Gasteiger partial charge in [-0.25, -0.2) is 4.79 Å². The second-order valence-electron chi connectivity index (χ2n) is 4.20. The fraction of sp³-hybridized carbons (Fsp3) is 0.462. The van der Waals surface area contributed by atoms with Crippen molar-refractivity contribution >= 4 is 23.4 Å². The van der Waals surface area contributed by atoms with E-state index in [1.165, 1.54) is 0 Å². The number of thioether (sulfide) groups is 1. The first-order valence-electron chi connectivity index (χ1n) is 5.55. The van der Waals surface area contributed by atoms with Crippen LogP contribution in [0.25, 0.3) is 0 Å². The predicted octanol–water partition coefficient (Wildman–Crippen LogP) is 3.01. The predicted molar refractivity (Wildman–Crippen MR) is 73.4 cm³/mol. The maximum Gasteiger partial charge on any atom is 0.340 e. The van der Waals surface area contributed by atoms with Crippen LogP contribution in [0.4, 0.5) is 5.69 Å². The van der Waals surface area contributed by atoms with Crippen LogP contribution in [0, 0.1) is 6.92 Å². The summed E-state index contributed by atoms with van der Waals surface area (Å²) in [7, 11) is 0. The van der Waals surface area contributed by atoms with Gasteiger partial charge in [-0.3, -0.25) is 0 Å². The Morgan fingerprint density at radius 3 is 2.65 bits per heavy atom. The van der Waals surface area contributed by atoms with E-state index in [1.54, 1.807) is 17.8 Å². The van der Waals surface area contributed by atoms with E-state index in [9.17, 15) is 4.79 Å². The zero-order chi connectivity index (χ0) is 13.0. The average Bonchev–Trinajstić information content (AvgIpc) is 2.24. The summed E-state index contributed by atoms with van der Waals surface area (Å²) in [5.41, 5.74) is 9.10. The highest BCUT2D eigenvalue weighted by Crippen LogP contribution is 2.24. The van der Waals surface area contributed by atoms with Crippen molar-refractivity contribution in [2.75, 3.05) is 12.0 Å². The number of rotatable bonds is 4. The van der Waals surface area contributed by atoms with Crippen molar-refractivity contribution in [3.05, 3.63) is 28.8 Å². The Hall–Kier alpha value is -1.16. The Morgan fingerprint density at radius 1 is 1.47 bits per heavy atom. The Bertz CT molecular complexity index is 416. The summed E-state index contributed by atoms with van der Waals surface area (Å²) in [4.78, 5) is 11.8. The lowest BCUT2D eigenvalue weighted by Crippen LogP contribution is -2.14. The van der Waals surface area contributed by atoms with Gasteiger partial charge in [0.15, 0.2) is 0 Å². The molecule has 3 nitrogen and oxygen atoms in total. The van der Waals surface area contributed by atoms with Crippen LogP contribution in [-0.2, 0) is 10.5 Å². The van der Waals surface area contributed by atoms with Crippen LogP contribution in [0.5, 0.6) is 0 Å². The van der Waals surface area contributed by atoms with Crippen LogP contribution < -0.4 is 5.73 Å². The maximum atomic E-state index is 11.8. The highest BCUT2D eigenvalue weighted by Gasteiger charge is 2.15. The molecule has 4 heteroatoms. The lowest BCUT2D eigenvalue weighted by atomic mass is 10.0. The minimum Gasteiger partial charge on any atom is -0.459 e. The minimum atomic E-state index is -0.351. The summed E-state index contributed by atoms with van der Waals surface area (Å²) in [6.45, 7) is 5.58. The van der Waals surface area contributed by atoms with Crippen molar-refractivity contribution in [3.8, 4) is 0 Å². The minimum absolute atomic E-state index is 0.131. The third kappa shape index (κ3) is 3.40. The largest absolute Gasteiger partial charge is 0.459 e. The zero-order valence-electron chi connectivity index (χ0n) is 10.7. The van der Waals surface area contributed by atoms with Gasteiger partial charge in [0.1, 0.15) is 0 Å². The molecule has 0 aliphatic heterocycles. The van der Waals surface area contributed by atoms with Gasteiger partial charge in [0.05, 0.1) is 11.7 Å². The van der Waals surface area contributed by atoms with Crippen LogP contribution in [0.15, 0.2) is 12.1 Å². The van der Waals surface area contributed by atoms with Gasteiger partial charge in [0.25, 0.3) is 0 Å². The molecule has 0 aliphatic rings. The first-order valence-corrected chi connectivity index (χ1v) is 6.94. The smallest absolute Gasteiger partial charge is 0.340 e. The lowest BCUT2D eigenvalue weighted by Gasteiger charge is -2.13. The fourth-order valence-electron chi connectivity index (χ4n) is 1.54. The van der Waals surface area contributed by atoms with Gasteiger partial charge in [-0.05, 0) is 44.2 Å². The zero-order valence-corrected chi connectivity index (χ0v) is 11.6. The second kappa shape index (κ2) is 5.96. The normalized spacial score (nSPS) is 10.6. The van der Waals surface area contributed by atoms with E-state index >= 15 is 0 Å². The van der Waals surface area contributed by atoms with Crippen molar-refractivity contribution in [3.63, 3.8) is 0 Å². The highest BCUT2D eigenvalue weighted by atomic mass is 32.2. The molecular formula is C13H19NO2S. The Balaban J connectivity index is 3.03. The number of carbonyl (C=O) groups is 1. The third-order valence-corrected chi connectivity index (χ3v) is 3.09. The number of hydrogen-bond acceptors (Lipinski definition) is 4. The van der Waals surface area contributed by atoms with Gasteiger partial charge < -0.3 is 10.5 Å². The molecule has 0 saturated heterocycles. The molecule has 17 heavy (non-hydrogen) atoms. The van der Waals surface area contributed by atoms with Crippen molar-refractivity contribution in [2.24, 2.45) is 0 Å². The van der Waals surface area contributed by atoms with Crippen LogP contribution >= 0.6 is 11.8 Å². The standard InChI is InChI=1S/C13H19NO2S/c1-8(2)16-13(15)11-6-5-10(7-17-4)9(3)12(11)14/h5-6,8H,7,14H2,1-4H3. The van der Waals surface area contributed by atoms with Crippen molar-refractivity contribution in [1.29, 1.82) is 0 Å². The molecule has 94 valence electrons. The number of anilines is 1. The van der Waals surface area contributed by atoms with Gasteiger partial charge in [-0.15, -0.1) is 0 Å². The fourth-order valence-corrected chi connectivity index (χ4v) is 2.16. The van der Waals surface area contributed by atoms with E-state index < -0.39 is 0 Å². The summed E-state index contributed by atoms with van der Waals surface area (Å²) in [6.07, 6.45) is 1.91. The summed E-state index contributed by atoms with van der Waals surface area (Å²) < 4.78 is 5.15. The number of benzene rings is 1. The number of esters is 1. The summed E-state index contributed by atoms with van der Waals surface area (Å²) in [5, 5.41) is 0. The molecule has 0 bridgehead atoms. The molecule has 0 atom stereocenters. The van der Waals surface area contributed by atoms with Crippen LogP contribution in [0.1, 0.15) is 35.3 Å². The number of carbonyl (C=O) groups excluding carboxylic acids is 1. The van der Waals surface area contributed by atoms with E-state index in [0.29, 0.717) is 11.3 Å². The monoisotopic (exact) mass is 253 g/mol. The van der Waals surface area contributed by atoms with E-state index in [4.69, 9.17) is 10.5 Å². The molecule has 0 aliphatic carbocycles. The number of nitrogens with two attached hydrogens (primary N) is 1. The topological polar surface area (TPSA) is 52.3 Å². The van der Waals surface area contributed by atoms with Crippen LogP contribution in [-0.4, -0.2) is 18.3 Å². The quantitative estimate of drug-likeness (QED) is 0.662.